The number of halogens is 2. The van der Waals surface area contributed by atoms with E-state index >= 15 is 0 Å². The van der Waals surface area contributed by atoms with Crippen LogP contribution in [0.2, 0.25) is 10.0 Å². The average Bonchev–Trinajstić information content (AvgIpc) is 2.50. The van der Waals surface area contributed by atoms with Gasteiger partial charge in [-0.15, -0.1) is 0 Å². The maximum Gasteiger partial charge on any atom is 0.353 e. The molecule has 0 radical (unpaired) electrons. The quantitative estimate of drug-likeness (QED) is 0.578. The van der Waals surface area contributed by atoms with Crippen LogP contribution < -0.4 is 10.6 Å². The predicted molar refractivity (Wildman–Crippen MR) is 91.8 cm³/mol. The highest BCUT2D eigenvalue weighted by Gasteiger charge is 2.24. The van der Waals surface area contributed by atoms with Crippen molar-refractivity contribution in [3.8, 4) is 0 Å². The predicted octanol–water partition coefficient (Wildman–Crippen LogP) is 4.65. The van der Waals surface area contributed by atoms with Crippen molar-refractivity contribution >= 4 is 46.2 Å². The minimum Gasteiger partial charge on any atom is -0.362 e. The van der Waals surface area contributed by atoms with Crippen molar-refractivity contribution in [2.75, 3.05) is 10.6 Å². The van der Waals surface area contributed by atoms with Crippen molar-refractivity contribution in [3.05, 3.63) is 44.7 Å². The second-order valence-corrected chi connectivity index (χ2v) is 5.70. The maximum absolute atomic E-state index is 11.4. The summed E-state index contributed by atoms with van der Waals surface area (Å²) >= 11 is 11.8. The molecule has 0 aliphatic rings. The van der Waals surface area contributed by atoms with Crippen molar-refractivity contribution in [3.63, 3.8) is 0 Å². The van der Waals surface area contributed by atoms with Crippen molar-refractivity contribution < 1.29 is 4.92 Å². The Morgan fingerprint density at radius 2 is 1.96 bits per heavy atom. The lowest BCUT2D eigenvalue weighted by Crippen LogP contribution is -2.16. The minimum absolute atomic E-state index is 0.0430. The molecular weight excluding hydrogens is 341 g/mol. The van der Waals surface area contributed by atoms with Gasteiger partial charge in [0.15, 0.2) is 0 Å². The van der Waals surface area contributed by atoms with Crippen LogP contribution in [0.4, 0.5) is 23.0 Å². The van der Waals surface area contributed by atoms with E-state index in [2.05, 4.69) is 20.6 Å². The Bertz CT molecular complexity index is 726. The Morgan fingerprint density at radius 3 is 2.57 bits per heavy atom. The maximum atomic E-state index is 11.4. The molecule has 1 heterocycles. The number of aromatic nitrogens is 2. The largest absolute Gasteiger partial charge is 0.362 e. The highest BCUT2D eigenvalue weighted by Crippen LogP contribution is 2.33. The van der Waals surface area contributed by atoms with Crippen molar-refractivity contribution in [2.24, 2.45) is 0 Å². The standard InChI is InChI=1S/C14H15Cl2N5O2/c1-3-8(2)19-13-12(21(22)23)14(18-7-17-13)20-9-4-5-10(15)11(16)6-9/h4-8H,3H2,1-2H3,(H2,17,18,19,20). The number of rotatable bonds is 6. The molecule has 1 aromatic heterocycles. The van der Waals surface area contributed by atoms with Crippen LogP contribution in [0.5, 0.6) is 0 Å². The van der Waals surface area contributed by atoms with Crippen LogP contribution in [-0.4, -0.2) is 20.9 Å². The number of anilines is 3. The zero-order chi connectivity index (χ0) is 17.0. The van der Waals surface area contributed by atoms with E-state index in [-0.39, 0.29) is 23.4 Å². The summed E-state index contributed by atoms with van der Waals surface area (Å²) in [6.45, 7) is 3.89. The summed E-state index contributed by atoms with van der Waals surface area (Å²) in [6.07, 6.45) is 2.06. The summed E-state index contributed by atoms with van der Waals surface area (Å²) < 4.78 is 0. The van der Waals surface area contributed by atoms with Crippen LogP contribution in [0.1, 0.15) is 20.3 Å². The number of nitrogens with zero attached hydrogens (tertiary/aromatic N) is 3. The normalized spacial score (nSPS) is 11.8. The molecule has 0 saturated heterocycles. The first-order chi connectivity index (χ1) is 10.9. The molecule has 2 N–H and O–H groups in total. The Labute approximate surface area is 143 Å². The summed E-state index contributed by atoms with van der Waals surface area (Å²) in [6, 6.07) is 4.86. The van der Waals surface area contributed by atoms with E-state index in [1.165, 1.54) is 6.33 Å². The van der Waals surface area contributed by atoms with Crippen LogP contribution in [0, 0.1) is 10.1 Å². The summed E-state index contributed by atoms with van der Waals surface area (Å²) in [5, 5.41) is 18.0. The van der Waals surface area contributed by atoms with Crippen LogP contribution in [0.3, 0.4) is 0 Å². The Balaban J connectivity index is 2.39. The van der Waals surface area contributed by atoms with Gasteiger partial charge in [0.05, 0.1) is 15.0 Å². The molecule has 0 aliphatic heterocycles. The molecule has 1 atom stereocenters. The van der Waals surface area contributed by atoms with Crippen LogP contribution in [0.25, 0.3) is 0 Å². The highest BCUT2D eigenvalue weighted by atomic mass is 35.5. The minimum atomic E-state index is -0.523. The Morgan fingerprint density at radius 1 is 1.26 bits per heavy atom. The van der Waals surface area contributed by atoms with E-state index in [4.69, 9.17) is 23.2 Å². The van der Waals surface area contributed by atoms with E-state index in [0.717, 1.165) is 6.42 Å². The number of benzene rings is 1. The fourth-order valence-corrected chi connectivity index (χ4v) is 2.09. The second kappa shape index (κ2) is 7.43. The van der Waals surface area contributed by atoms with E-state index in [0.29, 0.717) is 15.7 Å². The molecule has 9 heteroatoms. The molecule has 0 aliphatic carbocycles. The number of hydrogen-bond donors (Lipinski definition) is 2. The zero-order valence-electron chi connectivity index (χ0n) is 12.5. The van der Waals surface area contributed by atoms with Gasteiger partial charge in [-0.2, -0.15) is 0 Å². The van der Waals surface area contributed by atoms with Crippen molar-refractivity contribution in [1.29, 1.82) is 0 Å². The molecule has 7 nitrogen and oxygen atoms in total. The third kappa shape index (κ3) is 4.20. The van der Waals surface area contributed by atoms with E-state index in [9.17, 15) is 10.1 Å². The third-order valence-corrected chi connectivity index (χ3v) is 3.92. The first-order valence-corrected chi connectivity index (χ1v) is 7.66. The smallest absolute Gasteiger partial charge is 0.353 e. The molecule has 1 aromatic carbocycles. The summed E-state index contributed by atoms with van der Waals surface area (Å²) in [4.78, 5) is 18.8. The van der Waals surface area contributed by atoms with Gasteiger partial charge in [-0.3, -0.25) is 10.1 Å². The molecule has 0 spiro atoms. The van der Waals surface area contributed by atoms with Crippen LogP contribution in [0.15, 0.2) is 24.5 Å². The molecule has 0 fully saturated rings. The molecule has 0 saturated carbocycles. The summed E-state index contributed by atoms with van der Waals surface area (Å²) in [5.74, 6) is 0.246. The fraction of sp³-hybridized carbons (Fsp3) is 0.286. The van der Waals surface area contributed by atoms with Crippen LogP contribution in [-0.2, 0) is 0 Å². The summed E-state index contributed by atoms with van der Waals surface area (Å²) in [7, 11) is 0. The van der Waals surface area contributed by atoms with E-state index in [1.54, 1.807) is 18.2 Å². The SMILES string of the molecule is CCC(C)Nc1ncnc(Nc2ccc(Cl)c(Cl)c2)c1[N+](=O)[O-]. The van der Waals surface area contributed by atoms with E-state index in [1.807, 2.05) is 13.8 Å². The first-order valence-electron chi connectivity index (χ1n) is 6.90. The molecular formula is C14H15Cl2N5O2. The van der Waals surface area contributed by atoms with E-state index < -0.39 is 4.92 Å². The van der Waals surface area contributed by atoms with Gasteiger partial charge in [0.25, 0.3) is 0 Å². The molecule has 0 bridgehead atoms. The lowest BCUT2D eigenvalue weighted by atomic mass is 10.2. The van der Waals surface area contributed by atoms with Gasteiger partial charge in [0, 0.05) is 11.7 Å². The molecule has 1 unspecified atom stereocenters. The van der Waals surface area contributed by atoms with Gasteiger partial charge in [-0.25, -0.2) is 9.97 Å². The zero-order valence-corrected chi connectivity index (χ0v) is 14.0. The summed E-state index contributed by atoms with van der Waals surface area (Å²) in [5.41, 5.74) is 0.314. The van der Waals surface area contributed by atoms with Crippen LogP contribution >= 0.6 is 23.2 Å². The molecule has 0 amide bonds. The lowest BCUT2D eigenvalue weighted by molar-refractivity contribution is -0.383. The van der Waals surface area contributed by atoms with Gasteiger partial charge in [0.1, 0.15) is 6.33 Å². The third-order valence-electron chi connectivity index (χ3n) is 3.18. The topological polar surface area (TPSA) is 93.0 Å². The number of nitro groups is 1. The number of hydrogen-bond acceptors (Lipinski definition) is 6. The lowest BCUT2D eigenvalue weighted by Gasteiger charge is -2.13. The highest BCUT2D eigenvalue weighted by molar-refractivity contribution is 6.42. The average molecular weight is 356 g/mol. The van der Waals surface area contributed by atoms with Gasteiger partial charge < -0.3 is 10.6 Å². The van der Waals surface area contributed by atoms with Crippen molar-refractivity contribution in [2.45, 2.75) is 26.3 Å². The van der Waals surface area contributed by atoms with Crippen molar-refractivity contribution in [1.82, 2.24) is 9.97 Å². The van der Waals surface area contributed by atoms with Gasteiger partial charge >= 0.3 is 5.69 Å². The Kier molecular flexibility index (Phi) is 5.57. The molecule has 2 aromatic rings. The fourth-order valence-electron chi connectivity index (χ4n) is 1.79. The number of nitrogens with one attached hydrogen (secondary N) is 2. The molecule has 122 valence electrons. The Hall–Kier alpha value is -2.12. The van der Waals surface area contributed by atoms with Gasteiger partial charge in [-0.1, -0.05) is 30.1 Å². The molecule has 2 rings (SSSR count). The first kappa shape index (κ1) is 17.2. The monoisotopic (exact) mass is 355 g/mol. The molecule has 23 heavy (non-hydrogen) atoms. The second-order valence-electron chi connectivity index (χ2n) is 4.88. The van der Waals surface area contributed by atoms with Gasteiger partial charge in [0.2, 0.25) is 11.6 Å². The van der Waals surface area contributed by atoms with Gasteiger partial charge in [-0.05, 0) is 31.5 Å².